The summed E-state index contributed by atoms with van der Waals surface area (Å²) < 4.78 is 32.4. The number of rotatable bonds is 6. The second-order valence-corrected chi connectivity index (χ2v) is 9.57. The maximum absolute atomic E-state index is 13.1. The van der Waals surface area contributed by atoms with Crippen molar-refractivity contribution in [3.8, 4) is 11.5 Å². The summed E-state index contributed by atoms with van der Waals surface area (Å²) in [5.41, 5.74) is 2.51. The molecule has 0 aromatic heterocycles. The summed E-state index contributed by atoms with van der Waals surface area (Å²) in [6.45, 7) is 1.80. The Labute approximate surface area is 182 Å². The average Bonchev–Trinajstić information content (AvgIpc) is 2.80. The van der Waals surface area contributed by atoms with Crippen molar-refractivity contribution in [3.05, 3.63) is 90.0 Å². The molecule has 3 aromatic rings. The maximum Gasteiger partial charge on any atom is 0.243 e. The molecular formula is C24H24N2O4S. The molecule has 0 saturated carbocycles. The van der Waals surface area contributed by atoms with Gasteiger partial charge in [0, 0.05) is 12.2 Å². The first kappa shape index (κ1) is 21.1. The zero-order valence-electron chi connectivity index (χ0n) is 17.2. The van der Waals surface area contributed by atoms with Gasteiger partial charge in [-0.25, -0.2) is 8.42 Å². The van der Waals surface area contributed by atoms with Crippen LogP contribution in [0.25, 0.3) is 0 Å². The standard InChI is InChI=1S/C24H24N2O4S/c1-2-31(28,29)26-17-19-9-7-6-8-18(19)16-23(26)24(27)25-20-12-14-22(15-13-20)30-21-10-4-3-5-11-21/h3-15,23H,2,16-17H2,1H3,(H,25,27)/t23-/m0/s1. The van der Waals surface area contributed by atoms with Gasteiger partial charge in [0.05, 0.1) is 5.75 Å². The zero-order chi connectivity index (χ0) is 21.8. The van der Waals surface area contributed by atoms with Gasteiger partial charge < -0.3 is 10.1 Å². The minimum absolute atomic E-state index is 0.0511. The van der Waals surface area contributed by atoms with Gasteiger partial charge in [-0.15, -0.1) is 0 Å². The molecule has 160 valence electrons. The normalized spacial score (nSPS) is 16.4. The molecule has 4 rings (SSSR count). The molecule has 7 heteroatoms. The van der Waals surface area contributed by atoms with Crippen molar-refractivity contribution in [2.45, 2.75) is 25.9 Å². The lowest BCUT2D eigenvalue weighted by molar-refractivity contribution is -0.120. The summed E-state index contributed by atoms with van der Waals surface area (Å²) >= 11 is 0. The van der Waals surface area contributed by atoms with Gasteiger partial charge >= 0.3 is 0 Å². The highest BCUT2D eigenvalue weighted by Gasteiger charge is 2.37. The number of sulfonamides is 1. The van der Waals surface area contributed by atoms with Crippen LogP contribution < -0.4 is 10.1 Å². The van der Waals surface area contributed by atoms with E-state index in [9.17, 15) is 13.2 Å². The number of ether oxygens (including phenoxy) is 1. The average molecular weight is 437 g/mol. The van der Waals surface area contributed by atoms with Crippen molar-refractivity contribution in [1.29, 1.82) is 0 Å². The molecule has 0 bridgehead atoms. The van der Waals surface area contributed by atoms with Crippen LogP contribution in [-0.2, 0) is 27.8 Å². The van der Waals surface area contributed by atoms with Crippen molar-refractivity contribution in [1.82, 2.24) is 4.31 Å². The highest BCUT2D eigenvalue weighted by atomic mass is 32.2. The number of hydrogen-bond acceptors (Lipinski definition) is 4. The van der Waals surface area contributed by atoms with E-state index in [-0.39, 0.29) is 18.2 Å². The van der Waals surface area contributed by atoms with E-state index >= 15 is 0 Å². The number of benzene rings is 3. The molecule has 1 aliphatic rings. The van der Waals surface area contributed by atoms with E-state index in [4.69, 9.17) is 4.74 Å². The van der Waals surface area contributed by atoms with Crippen LogP contribution in [0.15, 0.2) is 78.9 Å². The van der Waals surface area contributed by atoms with Crippen molar-refractivity contribution in [2.24, 2.45) is 0 Å². The molecule has 1 heterocycles. The molecule has 0 spiro atoms. The molecule has 1 atom stereocenters. The van der Waals surface area contributed by atoms with Crippen LogP contribution in [0.3, 0.4) is 0 Å². The fourth-order valence-electron chi connectivity index (χ4n) is 3.64. The molecule has 0 unspecified atom stereocenters. The van der Waals surface area contributed by atoms with Gasteiger partial charge in [-0.1, -0.05) is 42.5 Å². The van der Waals surface area contributed by atoms with E-state index < -0.39 is 16.1 Å². The third-order valence-electron chi connectivity index (χ3n) is 5.33. The predicted molar refractivity (Wildman–Crippen MR) is 121 cm³/mol. The maximum atomic E-state index is 13.1. The van der Waals surface area contributed by atoms with Crippen LogP contribution in [0.5, 0.6) is 11.5 Å². The van der Waals surface area contributed by atoms with Crippen LogP contribution in [0.1, 0.15) is 18.1 Å². The van der Waals surface area contributed by atoms with Gasteiger partial charge in [0.1, 0.15) is 17.5 Å². The predicted octanol–water partition coefficient (Wildman–Crippen LogP) is 4.19. The van der Waals surface area contributed by atoms with Crippen LogP contribution in [0.4, 0.5) is 5.69 Å². The molecule has 1 amide bonds. The molecule has 1 aliphatic heterocycles. The molecule has 0 fully saturated rings. The largest absolute Gasteiger partial charge is 0.457 e. The lowest BCUT2D eigenvalue weighted by Gasteiger charge is -2.34. The van der Waals surface area contributed by atoms with Gasteiger partial charge in [-0.2, -0.15) is 4.31 Å². The summed E-state index contributed by atoms with van der Waals surface area (Å²) in [5, 5.41) is 2.86. The summed E-state index contributed by atoms with van der Waals surface area (Å²) in [4.78, 5) is 13.1. The monoisotopic (exact) mass is 436 g/mol. The van der Waals surface area contributed by atoms with Gasteiger partial charge in [0.15, 0.2) is 0 Å². The molecule has 6 nitrogen and oxygen atoms in total. The number of anilines is 1. The number of fused-ring (bicyclic) bond motifs is 1. The molecule has 31 heavy (non-hydrogen) atoms. The Balaban J connectivity index is 1.51. The van der Waals surface area contributed by atoms with E-state index in [1.165, 1.54) is 4.31 Å². The SMILES string of the molecule is CCS(=O)(=O)N1Cc2ccccc2C[C@H]1C(=O)Nc1ccc(Oc2ccccc2)cc1. The van der Waals surface area contributed by atoms with Crippen molar-refractivity contribution in [3.63, 3.8) is 0 Å². The number of carbonyl (C=O) groups is 1. The number of carbonyl (C=O) groups excluding carboxylic acids is 1. The third-order valence-corrected chi connectivity index (χ3v) is 7.16. The summed E-state index contributed by atoms with van der Waals surface area (Å²) in [7, 11) is -3.54. The molecule has 3 aromatic carbocycles. The minimum Gasteiger partial charge on any atom is -0.457 e. The molecular weight excluding hydrogens is 412 g/mol. The van der Waals surface area contributed by atoms with Crippen LogP contribution >= 0.6 is 0 Å². The lowest BCUT2D eigenvalue weighted by Crippen LogP contribution is -2.51. The molecule has 0 radical (unpaired) electrons. The number of hydrogen-bond donors (Lipinski definition) is 1. The van der Waals surface area contributed by atoms with Crippen molar-refractivity contribution >= 4 is 21.6 Å². The smallest absolute Gasteiger partial charge is 0.243 e. The van der Waals surface area contributed by atoms with E-state index in [1.54, 1.807) is 31.2 Å². The van der Waals surface area contributed by atoms with Crippen LogP contribution in [0.2, 0.25) is 0 Å². The van der Waals surface area contributed by atoms with Gasteiger partial charge in [-0.3, -0.25) is 4.79 Å². The Morgan fingerprint density at radius 3 is 2.23 bits per heavy atom. The third kappa shape index (κ3) is 4.78. The second-order valence-electron chi connectivity index (χ2n) is 7.36. The first-order valence-corrected chi connectivity index (χ1v) is 11.8. The summed E-state index contributed by atoms with van der Waals surface area (Å²) in [6.07, 6.45) is 0.344. The summed E-state index contributed by atoms with van der Waals surface area (Å²) in [5.74, 6) is 0.972. The number of amides is 1. The highest BCUT2D eigenvalue weighted by molar-refractivity contribution is 7.89. The topological polar surface area (TPSA) is 75.7 Å². The van der Waals surface area contributed by atoms with E-state index in [0.29, 0.717) is 17.9 Å². The minimum atomic E-state index is -3.54. The van der Waals surface area contributed by atoms with E-state index in [0.717, 1.165) is 16.9 Å². The number of nitrogens with zero attached hydrogens (tertiary/aromatic N) is 1. The second kappa shape index (κ2) is 8.91. The Morgan fingerprint density at radius 2 is 1.55 bits per heavy atom. The quantitative estimate of drug-likeness (QED) is 0.629. The van der Waals surface area contributed by atoms with Gasteiger partial charge in [0.2, 0.25) is 15.9 Å². The van der Waals surface area contributed by atoms with Crippen LogP contribution in [0, 0.1) is 0 Å². The Bertz CT molecular complexity index is 1160. The molecule has 0 saturated heterocycles. The fraction of sp³-hybridized carbons (Fsp3) is 0.208. The lowest BCUT2D eigenvalue weighted by atomic mass is 9.95. The first-order valence-electron chi connectivity index (χ1n) is 10.2. The first-order chi connectivity index (χ1) is 15.0. The van der Waals surface area contributed by atoms with E-state index in [1.807, 2.05) is 54.6 Å². The summed E-state index contributed by atoms with van der Waals surface area (Å²) in [6, 6.07) is 23.3. The van der Waals surface area contributed by atoms with Gasteiger partial charge in [-0.05, 0) is 60.9 Å². The van der Waals surface area contributed by atoms with Crippen molar-refractivity contribution in [2.75, 3.05) is 11.1 Å². The molecule has 1 N–H and O–H groups in total. The Hall–Kier alpha value is -3.16. The Morgan fingerprint density at radius 1 is 0.935 bits per heavy atom. The van der Waals surface area contributed by atoms with Crippen molar-refractivity contribution < 1.29 is 17.9 Å². The molecule has 0 aliphatic carbocycles. The highest BCUT2D eigenvalue weighted by Crippen LogP contribution is 2.28. The fourth-order valence-corrected chi connectivity index (χ4v) is 4.86. The van der Waals surface area contributed by atoms with E-state index in [2.05, 4.69) is 5.32 Å². The Kier molecular flexibility index (Phi) is 6.06. The number of para-hydroxylation sites is 1. The van der Waals surface area contributed by atoms with Crippen LogP contribution in [-0.4, -0.2) is 30.4 Å². The van der Waals surface area contributed by atoms with Gasteiger partial charge in [0.25, 0.3) is 0 Å². The number of nitrogens with one attached hydrogen (secondary N) is 1. The zero-order valence-corrected chi connectivity index (χ0v) is 18.0.